The van der Waals surface area contributed by atoms with E-state index in [0.717, 1.165) is 0 Å². The maximum absolute atomic E-state index is 11.7. The van der Waals surface area contributed by atoms with E-state index in [4.69, 9.17) is 5.73 Å². The van der Waals surface area contributed by atoms with E-state index in [1.165, 1.54) is 6.20 Å². The Morgan fingerprint density at radius 1 is 1.44 bits per heavy atom. The van der Waals surface area contributed by atoms with E-state index in [1.807, 2.05) is 6.92 Å². The van der Waals surface area contributed by atoms with Gasteiger partial charge in [0.1, 0.15) is 5.82 Å². The van der Waals surface area contributed by atoms with Crippen molar-refractivity contribution in [1.82, 2.24) is 20.2 Å². The third kappa shape index (κ3) is 2.62. The Labute approximate surface area is 104 Å². The molecule has 0 bridgehead atoms. The molecule has 2 heterocycles. The molecule has 0 radical (unpaired) electrons. The molecule has 1 unspecified atom stereocenters. The molecule has 1 aliphatic rings. The third-order valence-corrected chi connectivity index (χ3v) is 2.83. The second-order valence-electron chi connectivity index (χ2n) is 4.17. The molecule has 1 atom stereocenters. The smallest absolute Gasteiger partial charge is 0.243 e. The number of rotatable bonds is 3. The first-order chi connectivity index (χ1) is 8.60. The summed E-state index contributed by atoms with van der Waals surface area (Å²) < 4.78 is 0. The van der Waals surface area contributed by atoms with Crippen LogP contribution < -0.4 is 11.1 Å². The Hall–Kier alpha value is -2.02. The SMILES string of the molecule is CCC1C(=O)NC(=O)CN1Cc1cnc(N)cn1. The predicted molar refractivity (Wildman–Crippen MR) is 64.1 cm³/mol. The number of nitrogens with zero attached hydrogens (tertiary/aromatic N) is 3. The summed E-state index contributed by atoms with van der Waals surface area (Å²) in [7, 11) is 0. The summed E-state index contributed by atoms with van der Waals surface area (Å²) in [6.07, 6.45) is 3.66. The van der Waals surface area contributed by atoms with Gasteiger partial charge in [0.25, 0.3) is 0 Å². The lowest BCUT2D eigenvalue weighted by Crippen LogP contribution is -2.57. The monoisotopic (exact) mass is 249 g/mol. The largest absolute Gasteiger partial charge is 0.382 e. The molecule has 7 nitrogen and oxygen atoms in total. The van der Waals surface area contributed by atoms with E-state index in [2.05, 4.69) is 15.3 Å². The highest BCUT2D eigenvalue weighted by Gasteiger charge is 2.32. The van der Waals surface area contributed by atoms with E-state index in [-0.39, 0.29) is 24.4 Å². The Bertz CT molecular complexity index is 459. The van der Waals surface area contributed by atoms with Crippen LogP contribution in [0.3, 0.4) is 0 Å². The average molecular weight is 249 g/mol. The minimum Gasteiger partial charge on any atom is -0.382 e. The van der Waals surface area contributed by atoms with Gasteiger partial charge < -0.3 is 5.73 Å². The number of anilines is 1. The molecule has 0 aliphatic carbocycles. The Morgan fingerprint density at radius 2 is 2.22 bits per heavy atom. The maximum Gasteiger partial charge on any atom is 0.243 e. The molecular formula is C11H15N5O2. The molecule has 1 aromatic rings. The topological polar surface area (TPSA) is 101 Å². The summed E-state index contributed by atoms with van der Waals surface area (Å²) in [5.74, 6) is -0.191. The van der Waals surface area contributed by atoms with Crippen molar-refractivity contribution in [2.24, 2.45) is 0 Å². The zero-order chi connectivity index (χ0) is 13.1. The molecule has 2 rings (SSSR count). The normalized spacial score (nSPS) is 20.8. The Morgan fingerprint density at radius 3 is 2.83 bits per heavy atom. The minimum absolute atomic E-state index is 0.191. The number of nitrogens with one attached hydrogen (secondary N) is 1. The van der Waals surface area contributed by atoms with Crippen LogP contribution in [0.5, 0.6) is 0 Å². The van der Waals surface area contributed by atoms with Crippen molar-refractivity contribution in [2.75, 3.05) is 12.3 Å². The number of carbonyl (C=O) groups excluding carboxylic acids is 2. The van der Waals surface area contributed by atoms with Gasteiger partial charge in [-0.2, -0.15) is 0 Å². The van der Waals surface area contributed by atoms with Crippen molar-refractivity contribution in [1.29, 1.82) is 0 Å². The summed E-state index contributed by atoms with van der Waals surface area (Å²) in [4.78, 5) is 32.9. The van der Waals surface area contributed by atoms with Crippen molar-refractivity contribution < 1.29 is 9.59 Å². The van der Waals surface area contributed by atoms with Crippen LogP contribution in [0, 0.1) is 0 Å². The molecule has 1 saturated heterocycles. The van der Waals surface area contributed by atoms with Crippen LogP contribution in [-0.2, 0) is 16.1 Å². The van der Waals surface area contributed by atoms with Gasteiger partial charge in [-0.3, -0.25) is 24.8 Å². The Kier molecular flexibility index (Phi) is 3.52. The van der Waals surface area contributed by atoms with Crippen molar-refractivity contribution in [3.63, 3.8) is 0 Å². The molecule has 1 fully saturated rings. The van der Waals surface area contributed by atoms with Crippen molar-refractivity contribution in [3.05, 3.63) is 18.1 Å². The first-order valence-corrected chi connectivity index (χ1v) is 5.74. The van der Waals surface area contributed by atoms with E-state index < -0.39 is 0 Å². The molecule has 7 heteroatoms. The highest BCUT2D eigenvalue weighted by molar-refractivity contribution is 6.01. The molecule has 0 spiro atoms. The number of hydrogen-bond donors (Lipinski definition) is 2. The predicted octanol–water partition coefficient (Wildman–Crippen LogP) is -0.704. The summed E-state index contributed by atoms with van der Waals surface area (Å²) >= 11 is 0. The van der Waals surface area contributed by atoms with Gasteiger partial charge in [-0.05, 0) is 6.42 Å². The standard InChI is InChI=1S/C11H15N5O2/c1-2-8-11(18)15-10(17)6-16(8)5-7-3-14-9(12)4-13-7/h3-4,8H,2,5-6H2,1H3,(H2,12,14)(H,15,17,18). The van der Waals surface area contributed by atoms with Crippen molar-refractivity contribution >= 4 is 17.6 Å². The van der Waals surface area contributed by atoms with Crippen LogP contribution in [0.2, 0.25) is 0 Å². The number of carbonyl (C=O) groups is 2. The fourth-order valence-corrected chi connectivity index (χ4v) is 1.98. The molecular weight excluding hydrogens is 234 g/mol. The molecule has 1 aliphatic heterocycles. The number of imide groups is 1. The number of nitrogens with two attached hydrogens (primary N) is 1. The number of piperazine rings is 1. The average Bonchev–Trinajstić information content (AvgIpc) is 2.32. The van der Waals surface area contributed by atoms with Gasteiger partial charge in [0.15, 0.2) is 0 Å². The summed E-state index contributed by atoms with van der Waals surface area (Å²) in [6, 6.07) is -0.304. The second kappa shape index (κ2) is 5.09. The van der Waals surface area contributed by atoms with Crippen LogP contribution >= 0.6 is 0 Å². The van der Waals surface area contributed by atoms with Gasteiger partial charge in [0.2, 0.25) is 11.8 Å². The molecule has 0 aromatic carbocycles. The molecule has 18 heavy (non-hydrogen) atoms. The summed E-state index contributed by atoms with van der Waals surface area (Å²) in [5, 5.41) is 2.33. The third-order valence-electron chi connectivity index (χ3n) is 2.83. The summed E-state index contributed by atoms with van der Waals surface area (Å²) in [6.45, 7) is 2.50. The van der Waals surface area contributed by atoms with Gasteiger partial charge in [-0.15, -0.1) is 0 Å². The first kappa shape index (κ1) is 12.4. The van der Waals surface area contributed by atoms with Crippen LogP contribution in [0.15, 0.2) is 12.4 Å². The zero-order valence-corrected chi connectivity index (χ0v) is 10.1. The van der Waals surface area contributed by atoms with Crippen molar-refractivity contribution in [3.8, 4) is 0 Å². The Balaban J connectivity index is 2.12. The lowest BCUT2D eigenvalue weighted by Gasteiger charge is -2.32. The lowest BCUT2D eigenvalue weighted by molar-refractivity contribution is -0.140. The minimum atomic E-state index is -0.304. The van der Waals surface area contributed by atoms with Crippen molar-refractivity contribution in [2.45, 2.75) is 25.9 Å². The highest BCUT2D eigenvalue weighted by atomic mass is 16.2. The van der Waals surface area contributed by atoms with Gasteiger partial charge in [-0.25, -0.2) is 4.98 Å². The summed E-state index contributed by atoms with van der Waals surface area (Å²) in [5.41, 5.74) is 6.14. The van der Waals surface area contributed by atoms with Crippen LogP contribution in [-0.4, -0.2) is 39.3 Å². The second-order valence-corrected chi connectivity index (χ2v) is 4.17. The van der Waals surface area contributed by atoms with Gasteiger partial charge >= 0.3 is 0 Å². The maximum atomic E-state index is 11.7. The van der Waals surface area contributed by atoms with Gasteiger partial charge in [0, 0.05) is 6.54 Å². The van der Waals surface area contributed by atoms with E-state index in [1.54, 1.807) is 11.1 Å². The van der Waals surface area contributed by atoms with E-state index in [0.29, 0.717) is 24.5 Å². The number of aromatic nitrogens is 2. The molecule has 3 N–H and O–H groups in total. The number of nitrogen functional groups attached to an aromatic ring is 1. The van der Waals surface area contributed by atoms with Crippen LogP contribution in [0.25, 0.3) is 0 Å². The van der Waals surface area contributed by atoms with Gasteiger partial charge in [0.05, 0.1) is 30.7 Å². The number of hydrogen-bond acceptors (Lipinski definition) is 6. The quantitative estimate of drug-likeness (QED) is 0.687. The van der Waals surface area contributed by atoms with E-state index >= 15 is 0 Å². The van der Waals surface area contributed by atoms with Crippen LogP contribution in [0.4, 0.5) is 5.82 Å². The fourth-order valence-electron chi connectivity index (χ4n) is 1.98. The number of amides is 2. The molecule has 1 aromatic heterocycles. The fraction of sp³-hybridized carbons (Fsp3) is 0.455. The van der Waals surface area contributed by atoms with E-state index in [9.17, 15) is 9.59 Å². The lowest BCUT2D eigenvalue weighted by atomic mass is 10.1. The van der Waals surface area contributed by atoms with Gasteiger partial charge in [-0.1, -0.05) is 6.92 Å². The molecule has 2 amide bonds. The molecule has 0 saturated carbocycles. The van der Waals surface area contributed by atoms with Crippen LogP contribution in [0.1, 0.15) is 19.0 Å². The highest BCUT2D eigenvalue weighted by Crippen LogP contribution is 2.12. The zero-order valence-electron chi connectivity index (χ0n) is 10.1. The first-order valence-electron chi connectivity index (χ1n) is 5.74. The molecule has 96 valence electrons.